The minimum Gasteiger partial charge on any atom is -0.424 e. The molecule has 6 nitrogen and oxygen atoms in total. The van der Waals surface area contributed by atoms with Crippen LogP contribution in [0.5, 0.6) is 5.75 Å². The smallest absolute Gasteiger partial charge is 0.375 e. The highest BCUT2D eigenvalue weighted by molar-refractivity contribution is 8.06. The van der Waals surface area contributed by atoms with Gasteiger partial charge in [0.25, 0.3) is 5.91 Å². The second-order valence-corrected chi connectivity index (χ2v) is 7.39. The second-order valence-electron chi connectivity index (χ2n) is 4.36. The van der Waals surface area contributed by atoms with Crippen LogP contribution < -0.4 is 9.95 Å². The average molecular weight is 371 g/mol. The molecule has 0 saturated carbocycles. The fraction of sp³-hybridized carbons (Fsp3) is 0. The van der Waals surface area contributed by atoms with E-state index in [-0.39, 0.29) is 11.7 Å². The van der Waals surface area contributed by atoms with Crippen molar-refractivity contribution in [3.63, 3.8) is 0 Å². The first-order valence-corrected chi connectivity index (χ1v) is 9.28. The van der Waals surface area contributed by atoms with Gasteiger partial charge in [0.2, 0.25) is 0 Å². The van der Waals surface area contributed by atoms with E-state index >= 15 is 0 Å². The number of benzene rings is 2. The minimum atomic E-state index is -3.74. The average Bonchev–Trinajstić information content (AvgIpc) is 2.47. The molecular weight excluding hydrogens is 359 g/mol. The van der Waals surface area contributed by atoms with Crippen LogP contribution in [0.1, 0.15) is 15.9 Å². The molecule has 2 aromatic rings. The Labute approximate surface area is 142 Å². The maximum atomic E-state index is 11.8. The van der Waals surface area contributed by atoms with Gasteiger partial charge in [0.1, 0.15) is 5.75 Å². The number of rotatable bonds is 5. The maximum absolute atomic E-state index is 11.8. The highest BCUT2D eigenvalue weighted by atomic mass is 35.5. The molecule has 0 aliphatic heterocycles. The largest absolute Gasteiger partial charge is 0.424 e. The highest BCUT2D eigenvalue weighted by Crippen LogP contribution is 2.37. The van der Waals surface area contributed by atoms with Crippen molar-refractivity contribution in [3.05, 3.63) is 64.7 Å². The van der Waals surface area contributed by atoms with Gasteiger partial charge < -0.3 is 14.3 Å². The van der Waals surface area contributed by atoms with Crippen molar-refractivity contribution in [2.45, 2.75) is 0 Å². The minimum absolute atomic E-state index is 0.235. The third-order valence-corrected chi connectivity index (χ3v) is 3.48. The first-order chi connectivity index (χ1) is 10.8. The van der Waals surface area contributed by atoms with Crippen molar-refractivity contribution in [1.29, 1.82) is 0 Å². The van der Waals surface area contributed by atoms with Crippen molar-refractivity contribution in [1.82, 2.24) is 5.43 Å². The zero-order chi connectivity index (χ0) is 16.9. The van der Waals surface area contributed by atoms with Gasteiger partial charge >= 0.3 is 6.72 Å². The summed E-state index contributed by atoms with van der Waals surface area (Å²) in [6, 6.07) is 12.8. The van der Waals surface area contributed by atoms with Crippen LogP contribution in [0.3, 0.4) is 0 Å². The lowest BCUT2D eigenvalue weighted by atomic mass is 10.2. The number of hydrogen-bond acceptors (Lipinski definition) is 4. The summed E-state index contributed by atoms with van der Waals surface area (Å²) < 4.78 is 4.78. The van der Waals surface area contributed by atoms with Crippen LogP contribution >= 0.6 is 18.3 Å². The molecule has 120 valence electrons. The molecule has 0 aliphatic rings. The van der Waals surface area contributed by atoms with Crippen LogP contribution in [0.25, 0.3) is 0 Å². The first-order valence-electron chi connectivity index (χ1n) is 6.28. The summed E-state index contributed by atoms with van der Waals surface area (Å²) in [6.07, 6.45) is 1.43. The predicted molar refractivity (Wildman–Crippen MR) is 92.3 cm³/mol. The van der Waals surface area contributed by atoms with Gasteiger partial charge in [-0.2, -0.15) is 5.10 Å². The van der Waals surface area contributed by atoms with E-state index in [0.29, 0.717) is 16.1 Å². The van der Waals surface area contributed by atoms with Gasteiger partial charge in [0.15, 0.2) is 0 Å². The molecule has 0 unspecified atom stereocenters. The molecule has 2 aromatic carbocycles. The number of halogens is 1. The van der Waals surface area contributed by atoms with Gasteiger partial charge in [-0.25, -0.2) is 5.43 Å². The Balaban J connectivity index is 1.95. The Kier molecular flexibility index (Phi) is 5.87. The topological polar surface area (TPSA) is 91.2 Å². The van der Waals surface area contributed by atoms with Crippen LogP contribution in [0.4, 0.5) is 0 Å². The molecule has 0 radical (unpaired) electrons. The first kappa shape index (κ1) is 17.6. The van der Waals surface area contributed by atoms with E-state index in [0.717, 1.165) is 0 Å². The van der Waals surface area contributed by atoms with E-state index in [1.807, 2.05) is 0 Å². The monoisotopic (exact) mass is 370 g/mol. The van der Waals surface area contributed by atoms with E-state index in [9.17, 15) is 4.79 Å². The molecule has 0 saturated heterocycles. The fourth-order valence-electron chi connectivity index (χ4n) is 1.61. The zero-order valence-electron chi connectivity index (χ0n) is 11.6. The third kappa shape index (κ3) is 6.09. The Morgan fingerprint density at radius 1 is 1.26 bits per heavy atom. The Hall–Kier alpha value is -1.76. The predicted octanol–water partition coefficient (Wildman–Crippen LogP) is 2.69. The molecular formula is C14H12ClN2O4PS. The molecule has 0 bridgehead atoms. The maximum Gasteiger partial charge on any atom is 0.375 e. The molecule has 2 rings (SSSR count). The van der Waals surface area contributed by atoms with Crippen LogP contribution in [-0.2, 0) is 11.8 Å². The fourth-order valence-corrected chi connectivity index (χ4v) is 2.46. The Morgan fingerprint density at radius 3 is 2.57 bits per heavy atom. The molecule has 0 spiro atoms. The number of carbonyl (C=O) groups is 1. The van der Waals surface area contributed by atoms with Crippen LogP contribution in [-0.4, -0.2) is 21.9 Å². The van der Waals surface area contributed by atoms with Crippen molar-refractivity contribution in [3.8, 4) is 5.75 Å². The van der Waals surface area contributed by atoms with Gasteiger partial charge in [-0.3, -0.25) is 4.79 Å². The normalized spacial score (nSPS) is 11.4. The molecule has 0 atom stereocenters. The second kappa shape index (κ2) is 7.68. The summed E-state index contributed by atoms with van der Waals surface area (Å²) in [7, 11) is 0. The molecule has 3 N–H and O–H groups in total. The molecule has 23 heavy (non-hydrogen) atoms. The summed E-state index contributed by atoms with van der Waals surface area (Å²) in [5.74, 6) is -0.150. The Morgan fingerprint density at radius 2 is 1.96 bits per heavy atom. The van der Waals surface area contributed by atoms with Crippen molar-refractivity contribution < 1.29 is 19.1 Å². The van der Waals surface area contributed by atoms with Crippen molar-refractivity contribution >= 4 is 42.2 Å². The number of amides is 1. The van der Waals surface area contributed by atoms with E-state index in [1.54, 1.807) is 30.3 Å². The number of nitrogens with one attached hydrogen (secondary N) is 1. The van der Waals surface area contributed by atoms with Gasteiger partial charge in [0, 0.05) is 22.4 Å². The van der Waals surface area contributed by atoms with Gasteiger partial charge in [0.05, 0.1) is 6.21 Å². The summed E-state index contributed by atoms with van der Waals surface area (Å²) in [5.41, 5.74) is 3.45. The van der Waals surface area contributed by atoms with Gasteiger partial charge in [-0.1, -0.05) is 17.7 Å². The molecule has 0 aliphatic carbocycles. The third-order valence-electron chi connectivity index (χ3n) is 2.57. The summed E-state index contributed by atoms with van der Waals surface area (Å²) in [4.78, 5) is 29.9. The summed E-state index contributed by atoms with van der Waals surface area (Å²) >= 11 is 10.2. The van der Waals surface area contributed by atoms with E-state index in [2.05, 4.69) is 22.3 Å². The van der Waals surface area contributed by atoms with E-state index in [4.69, 9.17) is 25.9 Å². The number of hydrogen-bond donors (Lipinski definition) is 3. The lowest BCUT2D eigenvalue weighted by Crippen LogP contribution is -2.17. The Bertz CT molecular complexity index is 777. The van der Waals surface area contributed by atoms with Crippen LogP contribution in [0, 0.1) is 0 Å². The van der Waals surface area contributed by atoms with Crippen molar-refractivity contribution in [2.75, 3.05) is 0 Å². The molecule has 9 heteroatoms. The molecule has 0 heterocycles. The van der Waals surface area contributed by atoms with E-state index < -0.39 is 6.72 Å². The van der Waals surface area contributed by atoms with Crippen LogP contribution in [0.15, 0.2) is 53.6 Å². The van der Waals surface area contributed by atoms with E-state index in [1.165, 1.54) is 24.4 Å². The quantitative estimate of drug-likeness (QED) is 0.427. The number of nitrogens with zero attached hydrogens (tertiary/aromatic N) is 1. The molecule has 1 amide bonds. The molecule has 0 fully saturated rings. The molecule has 0 aromatic heterocycles. The van der Waals surface area contributed by atoms with Gasteiger partial charge in [-0.15, -0.1) is 0 Å². The summed E-state index contributed by atoms with van der Waals surface area (Å²) in [5, 5.41) is 4.29. The zero-order valence-corrected chi connectivity index (χ0v) is 14.1. The standard InChI is InChI=1S/C14H12ClN2O4PS/c15-12-3-1-2-11(8-12)14(18)17-16-9-10-4-6-13(7-5-10)21-22(19,20)23/h1-9H,(H,17,18)(H2,19,20,23). The number of carbonyl (C=O) groups excluding carboxylic acids is 1. The van der Waals surface area contributed by atoms with Gasteiger partial charge in [-0.05, 0) is 48.0 Å². The SMILES string of the molecule is O=C(NN=Cc1ccc(OP(O)(O)=S)cc1)c1cccc(Cl)c1. The lowest BCUT2D eigenvalue weighted by Gasteiger charge is -2.09. The van der Waals surface area contributed by atoms with Crippen LogP contribution in [0.2, 0.25) is 5.02 Å². The van der Waals surface area contributed by atoms with Crippen molar-refractivity contribution in [2.24, 2.45) is 5.10 Å². The highest BCUT2D eigenvalue weighted by Gasteiger charge is 2.09. The number of hydrazone groups is 1. The lowest BCUT2D eigenvalue weighted by molar-refractivity contribution is 0.0955. The summed E-state index contributed by atoms with van der Waals surface area (Å²) in [6.45, 7) is -3.74.